The summed E-state index contributed by atoms with van der Waals surface area (Å²) in [6.45, 7) is 4.09. The van der Waals surface area contributed by atoms with Gasteiger partial charge in [0.2, 0.25) is 11.7 Å². The lowest BCUT2D eigenvalue weighted by Crippen LogP contribution is -2.14. The van der Waals surface area contributed by atoms with Crippen molar-refractivity contribution in [2.75, 3.05) is 0 Å². The standard InChI is InChI=1S/C14H20N4O/c1-3-11-9-16-8-7-12(11)14-17-13(19-18-14)6-4-5-10(2)15/h7-10H,3-6,15H2,1-2H3. The molecule has 19 heavy (non-hydrogen) atoms. The molecule has 1 unspecified atom stereocenters. The van der Waals surface area contributed by atoms with Crippen LogP contribution in [-0.2, 0) is 12.8 Å². The Morgan fingerprint density at radius 3 is 3.00 bits per heavy atom. The fourth-order valence-corrected chi connectivity index (χ4v) is 1.97. The van der Waals surface area contributed by atoms with Gasteiger partial charge in [-0.05, 0) is 37.8 Å². The monoisotopic (exact) mass is 260 g/mol. The number of aryl methyl sites for hydroxylation is 2. The minimum atomic E-state index is 0.217. The molecule has 0 saturated heterocycles. The number of aromatic nitrogens is 3. The van der Waals surface area contributed by atoms with Gasteiger partial charge in [-0.3, -0.25) is 4.98 Å². The summed E-state index contributed by atoms with van der Waals surface area (Å²) in [5.41, 5.74) is 7.85. The second-order valence-electron chi connectivity index (χ2n) is 4.77. The lowest BCUT2D eigenvalue weighted by Gasteiger charge is -2.01. The summed E-state index contributed by atoms with van der Waals surface area (Å²) in [7, 11) is 0. The van der Waals surface area contributed by atoms with Gasteiger partial charge in [0, 0.05) is 30.4 Å². The molecule has 0 bridgehead atoms. The van der Waals surface area contributed by atoms with E-state index in [4.69, 9.17) is 10.3 Å². The predicted octanol–water partition coefficient (Wildman–Crippen LogP) is 2.36. The predicted molar refractivity (Wildman–Crippen MR) is 73.5 cm³/mol. The maximum absolute atomic E-state index is 5.72. The van der Waals surface area contributed by atoms with Crippen LogP contribution in [-0.4, -0.2) is 21.2 Å². The highest BCUT2D eigenvalue weighted by Gasteiger charge is 2.11. The lowest BCUT2D eigenvalue weighted by atomic mass is 10.1. The van der Waals surface area contributed by atoms with Gasteiger partial charge in [0.05, 0.1) is 0 Å². The van der Waals surface area contributed by atoms with Crippen LogP contribution in [0.25, 0.3) is 11.4 Å². The third kappa shape index (κ3) is 3.61. The molecule has 2 N–H and O–H groups in total. The molecular weight excluding hydrogens is 240 g/mol. The van der Waals surface area contributed by atoms with Gasteiger partial charge in [-0.1, -0.05) is 12.1 Å². The van der Waals surface area contributed by atoms with Gasteiger partial charge in [-0.2, -0.15) is 4.98 Å². The van der Waals surface area contributed by atoms with E-state index in [0.29, 0.717) is 11.7 Å². The molecule has 0 fully saturated rings. The average Bonchev–Trinajstić information content (AvgIpc) is 2.87. The van der Waals surface area contributed by atoms with Gasteiger partial charge in [0.15, 0.2) is 0 Å². The molecule has 2 heterocycles. The van der Waals surface area contributed by atoms with E-state index in [9.17, 15) is 0 Å². The largest absolute Gasteiger partial charge is 0.339 e. The van der Waals surface area contributed by atoms with Crippen molar-refractivity contribution >= 4 is 0 Å². The van der Waals surface area contributed by atoms with Gasteiger partial charge in [0.25, 0.3) is 0 Å². The first-order valence-electron chi connectivity index (χ1n) is 6.72. The van der Waals surface area contributed by atoms with E-state index in [2.05, 4.69) is 22.0 Å². The van der Waals surface area contributed by atoms with Gasteiger partial charge in [-0.15, -0.1) is 0 Å². The van der Waals surface area contributed by atoms with Crippen LogP contribution >= 0.6 is 0 Å². The summed E-state index contributed by atoms with van der Waals surface area (Å²) >= 11 is 0. The maximum atomic E-state index is 5.72. The highest BCUT2D eigenvalue weighted by molar-refractivity contribution is 5.58. The summed E-state index contributed by atoms with van der Waals surface area (Å²) in [6.07, 6.45) is 7.21. The molecule has 0 aliphatic carbocycles. The van der Waals surface area contributed by atoms with Gasteiger partial charge >= 0.3 is 0 Å². The quantitative estimate of drug-likeness (QED) is 0.862. The molecular formula is C14H20N4O. The molecule has 2 aromatic rings. The van der Waals surface area contributed by atoms with Crippen molar-refractivity contribution in [1.82, 2.24) is 15.1 Å². The fourth-order valence-electron chi connectivity index (χ4n) is 1.97. The van der Waals surface area contributed by atoms with Crippen molar-refractivity contribution in [1.29, 1.82) is 0 Å². The van der Waals surface area contributed by atoms with Crippen molar-refractivity contribution in [3.05, 3.63) is 29.9 Å². The molecule has 1 atom stereocenters. The molecule has 5 heteroatoms. The lowest BCUT2D eigenvalue weighted by molar-refractivity contribution is 0.373. The van der Waals surface area contributed by atoms with E-state index in [-0.39, 0.29) is 6.04 Å². The third-order valence-corrected chi connectivity index (χ3v) is 3.04. The number of nitrogens with zero attached hydrogens (tertiary/aromatic N) is 3. The third-order valence-electron chi connectivity index (χ3n) is 3.04. The number of rotatable bonds is 6. The first-order chi connectivity index (χ1) is 9.20. The second kappa shape index (κ2) is 6.43. The molecule has 0 radical (unpaired) electrons. The Hall–Kier alpha value is -1.75. The molecule has 102 valence electrons. The normalized spacial score (nSPS) is 12.6. The maximum Gasteiger partial charge on any atom is 0.226 e. The van der Waals surface area contributed by atoms with Gasteiger partial charge in [0.1, 0.15) is 0 Å². The number of hydrogen-bond donors (Lipinski definition) is 1. The number of nitrogens with two attached hydrogens (primary N) is 1. The van der Waals surface area contributed by atoms with E-state index >= 15 is 0 Å². The van der Waals surface area contributed by atoms with E-state index in [1.54, 1.807) is 6.20 Å². The Morgan fingerprint density at radius 2 is 2.26 bits per heavy atom. The van der Waals surface area contributed by atoms with Crippen LogP contribution in [0.4, 0.5) is 0 Å². The van der Waals surface area contributed by atoms with Crippen molar-refractivity contribution in [3.8, 4) is 11.4 Å². The van der Waals surface area contributed by atoms with Crippen LogP contribution in [0.5, 0.6) is 0 Å². The zero-order valence-corrected chi connectivity index (χ0v) is 11.5. The number of hydrogen-bond acceptors (Lipinski definition) is 5. The Morgan fingerprint density at radius 1 is 1.42 bits per heavy atom. The van der Waals surface area contributed by atoms with Crippen LogP contribution < -0.4 is 5.73 Å². The highest BCUT2D eigenvalue weighted by atomic mass is 16.5. The Bertz CT molecular complexity index is 522. The highest BCUT2D eigenvalue weighted by Crippen LogP contribution is 2.20. The Labute approximate surface area is 113 Å². The Balaban J connectivity index is 2.08. The molecule has 0 spiro atoms. The van der Waals surface area contributed by atoms with E-state index in [1.807, 2.05) is 19.2 Å². The first kappa shape index (κ1) is 13.7. The molecule has 2 aromatic heterocycles. The van der Waals surface area contributed by atoms with Crippen LogP contribution in [0.2, 0.25) is 0 Å². The number of pyridine rings is 1. The first-order valence-corrected chi connectivity index (χ1v) is 6.72. The summed E-state index contributed by atoms with van der Waals surface area (Å²) < 4.78 is 5.28. The molecule has 0 saturated carbocycles. The van der Waals surface area contributed by atoms with Crippen molar-refractivity contribution < 1.29 is 4.52 Å². The van der Waals surface area contributed by atoms with Crippen LogP contribution in [0.3, 0.4) is 0 Å². The van der Waals surface area contributed by atoms with Crippen LogP contribution in [0, 0.1) is 0 Å². The second-order valence-corrected chi connectivity index (χ2v) is 4.77. The molecule has 0 aromatic carbocycles. The summed E-state index contributed by atoms with van der Waals surface area (Å²) in [6, 6.07) is 2.14. The zero-order chi connectivity index (χ0) is 13.7. The van der Waals surface area contributed by atoms with Crippen molar-refractivity contribution in [3.63, 3.8) is 0 Å². The molecule has 0 amide bonds. The summed E-state index contributed by atoms with van der Waals surface area (Å²) in [5, 5.41) is 4.05. The topological polar surface area (TPSA) is 77.8 Å². The SMILES string of the molecule is CCc1cnccc1-c1noc(CCCC(C)N)n1. The zero-order valence-electron chi connectivity index (χ0n) is 11.5. The van der Waals surface area contributed by atoms with Crippen LogP contribution in [0.15, 0.2) is 23.0 Å². The minimum absolute atomic E-state index is 0.217. The van der Waals surface area contributed by atoms with Crippen molar-refractivity contribution in [2.45, 2.75) is 45.6 Å². The Kier molecular flexibility index (Phi) is 4.63. The summed E-state index contributed by atoms with van der Waals surface area (Å²) in [4.78, 5) is 8.56. The van der Waals surface area contributed by atoms with Gasteiger partial charge in [-0.25, -0.2) is 0 Å². The average molecular weight is 260 g/mol. The van der Waals surface area contributed by atoms with Gasteiger partial charge < -0.3 is 10.3 Å². The van der Waals surface area contributed by atoms with Crippen molar-refractivity contribution in [2.24, 2.45) is 5.73 Å². The van der Waals surface area contributed by atoms with E-state index in [1.165, 1.54) is 0 Å². The van der Waals surface area contributed by atoms with E-state index in [0.717, 1.165) is 36.8 Å². The molecule has 2 rings (SSSR count). The molecule has 5 nitrogen and oxygen atoms in total. The smallest absolute Gasteiger partial charge is 0.226 e. The molecule has 0 aliphatic rings. The fraction of sp³-hybridized carbons (Fsp3) is 0.500. The molecule has 0 aliphatic heterocycles. The summed E-state index contributed by atoms with van der Waals surface area (Å²) in [5.74, 6) is 1.32. The minimum Gasteiger partial charge on any atom is -0.339 e. The van der Waals surface area contributed by atoms with Crippen LogP contribution in [0.1, 0.15) is 38.1 Å². The van der Waals surface area contributed by atoms with E-state index < -0.39 is 0 Å².